The topological polar surface area (TPSA) is 66.8 Å². The molecule has 0 aromatic rings. The Morgan fingerprint density at radius 2 is 2.06 bits per heavy atom. The van der Waals surface area contributed by atoms with Crippen molar-refractivity contribution in [1.29, 1.82) is 0 Å². The normalized spacial score (nSPS) is 22.1. The Labute approximate surface area is 95.4 Å². The van der Waals surface area contributed by atoms with Crippen LogP contribution in [-0.4, -0.2) is 47.2 Å². The van der Waals surface area contributed by atoms with E-state index in [1.54, 1.807) is 0 Å². The second-order valence-corrected chi connectivity index (χ2v) is 5.15. The number of carboxylic acids is 1. The molecule has 16 heavy (non-hydrogen) atoms. The smallest absolute Gasteiger partial charge is 0.320 e. The zero-order chi connectivity index (χ0) is 12.3. The molecule has 0 aromatic heterocycles. The minimum atomic E-state index is -0.785. The average molecular weight is 229 g/mol. The van der Waals surface area contributed by atoms with Crippen LogP contribution >= 0.6 is 0 Å². The highest BCUT2D eigenvalue weighted by atomic mass is 16.6. The zero-order valence-electron chi connectivity index (χ0n) is 10.0. The summed E-state index contributed by atoms with van der Waals surface area (Å²) in [5.74, 6) is -1.42. The van der Waals surface area contributed by atoms with Crippen LogP contribution in [0.15, 0.2) is 0 Å². The van der Waals surface area contributed by atoms with Crippen LogP contribution in [0.25, 0.3) is 0 Å². The minimum Gasteiger partial charge on any atom is -0.481 e. The minimum absolute atomic E-state index is 0.182. The van der Waals surface area contributed by atoms with E-state index < -0.39 is 11.6 Å². The molecule has 0 radical (unpaired) electrons. The van der Waals surface area contributed by atoms with Crippen molar-refractivity contribution in [1.82, 2.24) is 4.90 Å². The first-order chi connectivity index (χ1) is 7.28. The number of hydrogen-bond donors (Lipinski definition) is 1. The van der Waals surface area contributed by atoms with Gasteiger partial charge < -0.3 is 9.84 Å². The van der Waals surface area contributed by atoms with Crippen molar-refractivity contribution in [3.63, 3.8) is 0 Å². The Kier molecular flexibility index (Phi) is 3.91. The third-order valence-electron chi connectivity index (χ3n) is 2.39. The van der Waals surface area contributed by atoms with Crippen LogP contribution in [-0.2, 0) is 14.3 Å². The fraction of sp³-hybridized carbons (Fsp3) is 0.818. The molecule has 5 heteroatoms. The third kappa shape index (κ3) is 4.18. The Bertz CT molecular complexity index is 282. The largest absolute Gasteiger partial charge is 0.481 e. The molecule has 5 nitrogen and oxygen atoms in total. The fourth-order valence-corrected chi connectivity index (χ4v) is 1.73. The Morgan fingerprint density at radius 3 is 2.50 bits per heavy atom. The van der Waals surface area contributed by atoms with Crippen LogP contribution in [0.4, 0.5) is 0 Å². The maximum absolute atomic E-state index is 11.5. The lowest BCUT2D eigenvalue weighted by molar-refractivity contribution is -0.156. The van der Waals surface area contributed by atoms with Crippen LogP contribution in [0.5, 0.6) is 0 Å². The monoisotopic (exact) mass is 229 g/mol. The second kappa shape index (κ2) is 4.82. The Morgan fingerprint density at radius 1 is 1.44 bits per heavy atom. The second-order valence-electron chi connectivity index (χ2n) is 5.15. The van der Waals surface area contributed by atoms with E-state index in [2.05, 4.69) is 0 Å². The van der Waals surface area contributed by atoms with Crippen LogP contribution in [0.1, 0.15) is 27.2 Å². The summed E-state index contributed by atoms with van der Waals surface area (Å²) >= 11 is 0. The summed E-state index contributed by atoms with van der Waals surface area (Å²) in [4.78, 5) is 24.0. The molecule has 0 aromatic carbocycles. The van der Waals surface area contributed by atoms with Gasteiger partial charge in [-0.25, -0.2) is 0 Å². The molecule has 1 saturated heterocycles. The SMILES string of the molecule is CC(C)(C)OC(=O)CN1CCC(C(=O)O)C1. The molecule has 1 N–H and O–H groups in total. The molecule has 1 aliphatic rings. The van der Waals surface area contributed by atoms with Crippen LogP contribution < -0.4 is 0 Å². The molecule has 92 valence electrons. The van der Waals surface area contributed by atoms with Crippen molar-refractivity contribution >= 4 is 11.9 Å². The molecule has 1 atom stereocenters. The van der Waals surface area contributed by atoms with E-state index in [4.69, 9.17) is 9.84 Å². The summed E-state index contributed by atoms with van der Waals surface area (Å²) in [6.45, 7) is 6.71. The first-order valence-corrected chi connectivity index (χ1v) is 5.45. The van der Waals surface area contributed by atoms with Crippen LogP contribution in [0.3, 0.4) is 0 Å². The average Bonchev–Trinajstić information content (AvgIpc) is 2.48. The number of likely N-dealkylation sites (tertiary alicyclic amines) is 1. The number of rotatable bonds is 3. The summed E-state index contributed by atoms with van der Waals surface area (Å²) < 4.78 is 5.17. The highest BCUT2D eigenvalue weighted by Gasteiger charge is 2.29. The van der Waals surface area contributed by atoms with Crippen LogP contribution in [0.2, 0.25) is 0 Å². The highest BCUT2D eigenvalue weighted by Crippen LogP contribution is 2.16. The van der Waals surface area contributed by atoms with E-state index in [0.717, 1.165) is 0 Å². The van der Waals surface area contributed by atoms with E-state index in [-0.39, 0.29) is 18.4 Å². The number of carboxylic acid groups (broad SMARTS) is 1. The van der Waals surface area contributed by atoms with Gasteiger partial charge in [0, 0.05) is 6.54 Å². The van der Waals surface area contributed by atoms with E-state index in [0.29, 0.717) is 19.5 Å². The van der Waals surface area contributed by atoms with Crippen molar-refractivity contribution in [3.8, 4) is 0 Å². The number of hydrogen-bond acceptors (Lipinski definition) is 4. The predicted molar refractivity (Wildman–Crippen MR) is 58.0 cm³/mol. The first-order valence-electron chi connectivity index (χ1n) is 5.45. The number of carbonyl (C=O) groups is 2. The number of ether oxygens (including phenoxy) is 1. The van der Waals surface area contributed by atoms with Gasteiger partial charge >= 0.3 is 11.9 Å². The summed E-state index contributed by atoms with van der Waals surface area (Å²) in [5, 5.41) is 8.81. The Balaban J connectivity index is 2.34. The van der Waals surface area contributed by atoms with Gasteiger partial charge in [-0.05, 0) is 33.7 Å². The van der Waals surface area contributed by atoms with Crippen molar-refractivity contribution in [2.24, 2.45) is 5.92 Å². The molecule has 1 rings (SSSR count). The van der Waals surface area contributed by atoms with E-state index in [9.17, 15) is 9.59 Å². The third-order valence-corrected chi connectivity index (χ3v) is 2.39. The van der Waals surface area contributed by atoms with Gasteiger partial charge in [-0.15, -0.1) is 0 Å². The molecular formula is C11H19NO4. The van der Waals surface area contributed by atoms with Crippen LogP contribution in [0, 0.1) is 5.92 Å². The lowest BCUT2D eigenvalue weighted by Crippen LogP contribution is -2.34. The van der Waals surface area contributed by atoms with Gasteiger partial charge in [0.15, 0.2) is 0 Å². The molecular weight excluding hydrogens is 210 g/mol. The molecule has 1 heterocycles. The van der Waals surface area contributed by atoms with E-state index in [1.165, 1.54) is 0 Å². The molecule has 1 aliphatic heterocycles. The van der Waals surface area contributed by atoms with E-state index in [1.807, 2.05) is 25.7 Å². The van der Waals surface area contributed by atoms with Crippen molar-refractivity contribution in [2.45, 2.75) is 32.8 Å². The molecule has 1 unspecified atom stereocenters. The number of esters is 1. The number of aliphatic carboxylic acids is 1. The molecule has 0 saturated carbocycles. The van der Waals surface area contributed by atoms with Crippen molar-refractivity contribution in [3.05, 3.63) is 0 Å². The van der Waals surface area contributed by atoms with Gasteiger partial charge in [-0.2, -0.15) is 0 Å². The molecule has 0 amide bonds. The maximum atomic E-state index is 11.5. The number of carbonyl (C=O) groups excluding carboxylic acids is 1. The van der Waals surface area contributed by atoms with Gasteiger partial charge in [0.25, 0.3) is 0 Å². The highest BCUT2D eigenvalue weighted by molar-refractivity contribution is 5.73. The summed E-state index contributed by atoms with van der Waals surface area (Å²) in [5.41, 5.74) is -0.483. The summed E-state index contributed by atoms with van der Waals surface area (Å²) in [6.07, 6.45) is 0.609. The fourth-order valence-electron chi connectivity index (χ4n) is 1.73. The summed E-state index contributed by atoms with van der Waals surface area (Å²) in [7, 11) is 0. The molecule has 0 aliphatic carbocycles. The lowest BCUT2D eigenvalue weighted by atomic mass is 10.1. The van der Waals surface area contributed by atoms with Crippen molar-refractivity contribution in [2.75, 3.05) is 19.6 Å². The van der Waals surface area contributed by atoms with Gasteiger partial charge in [0.05, 0.1) is 12.5 Å². The lowest BCUT2D eigenvalue weighted by Gasteiger charge is -2.22. The molecule has 1 fully saturated rings. The first kappa shape index (κ1) is 13.0. The standard InChI is InChI=1S/C11H19NO4/c1-11(2,3)16-9(13)7-12-5-4-8(6-12)10(14)15/h8H,4-7H2,1-3H3,(H,14,15). The van der Waals surface area contributed by atoms with Gasteiger partial charge in [-0.1, -0.05) is 0 Å². The maximum Gasteiger partial charge on any atom is 0.320 e. The molecule has 0 bridgehead atoms. The predicted octanol–water partition coefficient (Wildman–Crippen LogP) is 0.735. The quantitative estimate of drug-likeness (QED) is 0.723. The number of nitrogens with zero attached hydrogens (tertiary/aromatic N) is 1. The van der Waals surface area contributed by atoms with E-state index >= 15 is 0 Å². The van der Waals surface area contributed by atoms with Gasteiger partial charge in [0.1, 0.15) is 5.60 Å². The van der Waals surface area contributed by atoms with Gasteiger partial charge in [-0.3, -0.25) is 14.5 Å². The van der Waals surface area contributed by atoms with Crippen molar-refractivity contribution < 1.29 is 19.4 Å². The van der Waals surface area contributed by atoms with Gasteiger partial charge in [0.2, 0.25) is 0 Å². The Hall–Kier alpha value is -1.10. The molecule has 0 spiro atoms. The zero-order valence-corrected chi connectivity index (χ0v) is 10.0. The summed E-state index contributed by atoms with van der Waals surface area (Å²) in [6, 6.07) is 0.